The molecule has 0 amide bonds. The van der Waals surface area contributed by atoms with Gasteiger partial charge < -0.3 is 10.2 Å². The normalized spacial score (nSPS) is 22.4. The number of hydrogen-bond donors (Lipinski definition) is 1. The largest absolute Gasteiger partial charge is 0.370 e. The molecule has 1 fully saturated rings. The second-order valence-corrected chi connectivity index (χ2v) is 4.79. The lowest BCUT2D eigenvalue weighted by molar-refractivity contribution is 0.632. The maximum atomic E-state index is 4.51. The molecule has 1 N–H and O–H groups in total. The van der Waals surface area contributed by atoms with Gasteiger partial charge in [0.1, 0.15) is 0 Å². The van der Waals surface area contributed by atoms with Crippen LogP contribution in [0.4, 0.5) is 5.69 Å². The van der Waals surface area contributed by atoms with Gasteiger partial charge in [-0.2, -0.15) is 0 Å². The fraction of sp³-hybridized carbons (Fsp3) is 0.615. The van der Waals surface area contributed by atoms with Crippen molar-refractivity contribution in [2.45, 2.75) is 26.3 Å². The van der Waals surface area contributed by atoms with Crippen LogP contribution in [0, 0.1) is 5.92 Å². The Bertz CT molecular complexity index is 334. The van der Waals surface area contributed by atoms with Gasteiger partial charge in [-0.05, 0) is 38.4 Å². The molecule has 2 rings (SSSR count). The van der Waals surface area contributed by atoms with Gasteiger partial charge in [0.15, 0.2) is 0 Å². The summed E-state index contributed by atoms with van der Waals surface area (Å²) in [6.45, 7) is 6.77. The van der Waals surface area contributed by atoms with Crippen molar-refractivity contribution in [2.75, 3.05) is 25.0 Å². The number of hydrogen-bond acceptors (Lipinski definition) is 3. The SMILES string of the molecule is CNC(C)c1ccc(N2CCC(C)C2)cn1. The highest BCUT2D eigenvalue weighted by atomic mass is 15.2. The number of pyridine rings is 1. The molecule has 2 heterocycles. The van der Waals surface area contributed by atoms with E-state index in [1.54, 1.807) is 0 Å². The molecule has 1 aliphatic rings. The monoisotopic (exact) mass is 219 g/mol. The summed E-state index contributed by atoms with van der Waals surface area (Å²) < 4.78 is 0. The van der Waals surface area contributed by atoms with Crippen LogP contribution in [0.1, 0.15) is 32.0 Å². The molecule has 16 heavy (non-hydrogen) atoms. The van der Waals surface area contributed by atoms with Crippen LogP contribution in [0.5, 0.6) is 0 Å². The summed E-state index contributed by atoms with van der Waals surface area (Å²) in [5.41, 5.74) is 2.37. The summed E-state index contributed by atoms with van der Waals surface area (Å²) in [6, 6.07) is 4.64. The number of aromatic nitrogens is 1. The maximum Gasteiger partial charge on any atom is 0.0571 e. The summed E-state index contributed by atoms with van der Waals surface area (Å²) in [4.78, 5) is 6.94. The predicted molar refractivity (Wildman–Crippen MR) is 67.7 cm³/mol. The molecule has 1 aromatic heterocycles. The molecule has 0 spiro atoms. The Kier molecular flexibility index (Phi) is 3.44. The van der Waals surface area contributed by atoms with Crippen molar-refractivity contribution in [3.63, 3.8) is 0 Å². The van der Waals surface area contributed by atoms with Crippen LogP contribution < -0.4 is 10.2 Å². The van der Waals surface area contributed by atoms with Crippen molar-refractivity contribution in [3.8, 4) is 0 Å². The Morgan fingerprint density at radius 3 is 2.81 bits per heavy atom. The molecule has 2 unspecified atom stereocenters. The summed E-state index contributed by atoms with van der Waals surface area (Å²) in [5.74, 6) is 0.816. The van der Waals surface area contributed by atoms with E-state index in [1.165, 1.54) is 25.2 Å². The van der Waals surface area contributed by atoms with Gasteiger partial charge in [0, 0.05) is 19.1 Å². The Morgan fingerprint density at radius 1 is 1.50 bits per heavy atom. The molecular weight excluding hydrogens is 198 g/mol. The molecule has 1 aromatic rings. The van der Waals surface area contributed by atoms with Gasteiger partial charge >= 0.3 is 0 Å². The highest BCUT2D eigenvalue weighted by Crippen LogP contribution is 2.23. The van der Waals surface area contributed by atoms with Gasteiger partial charge in [0.2, 0.25) is 0 Å². The van der Waals surface area contributed by atoms with Crippen LogP contribution in [-0.2, 0) is 0 Å². The van der Waals surface area contributed by atoms with E-state index in [-0.39, 0.29) is 0 Å². The van der Waals surface area contributed by atoms with Crippen molar-refractivity contribution in [2.24, 2.45) is 5.92 Å². The standard InChI is InChI=1S/C13H21N3/c1-10-6-7-16(9-10)12-4-5-13(15-8-12)11(2)14-3/h4-5,8,10-11,14H,6-7,9H2,1-3H3. The molecule has 1 saturated heterocycles. The van der Waals surface area contributed by atoms with E-state index >= 15 is 0 Å². The van der Waals surface area contributed by atoms with Crippen molar-refractivity contribution in [1.29, 1.82) is 0 Å². The Labute approximate surface area is 97.9 Å². The third-order valence-corrected chi connectivity index (χ3v) is 3.44. The zero-order valence-corrected chi connectivity index (χ0v) is 10.4. The first-order chi connectivity index (χ1) is 7.70. The molecule has 3 heteroatoms. The predicted octanol–water partition coefficient (Wildman–Crippen LogP) is 2.21. The molecular formula is C13H21N3. The summed E-state index contributed by atoms with van der Waals surface area (Å²) >= 11 is 0. The third kappa shape index (κ3) is 2.35. The number of rotatable bonds is 3. The topological polar surface area (TPSA) is 28.2 Å². The van der Waals surface area contributed by atoms with Crippen molar-refractivity contribution < 1.29 is 0 Å². The highest BCUT2D eigenvalue weighted by Gasteiger charge is 2.19. The van der Waals surface area contributed by atoms with Crippen molar-refractivity contribution >= 4 is 5.69 Å². The van der Waals surface area contributed by atoms with Crippen LogP contribution in [0.2, 0.25) is 0 Å². The minimum atomic E-state index is 0.326. The average Bonchev–Trinajstić information content (AvgIpc) is 2.75. The zero-order chi connectivity index (χ0) is 11.5. The Morgan fingerprint density at radius 2 is 2.31 bits per heavy atom. The Hall–Kier alpha value is -1.09. The van der Waals surface area contributed by atoms with Crippen LogP contribution in [0.25, 0.3) is 0 Å². The smallest absolute Gasteiger partial charge is 0.0571 e. The lowest BCUT2D eigenvalue weighted by atomic mass is 10.2. The van der Waals surface area contributed by atoms with Gasteiger partial charge in [-0.3, -0.25) is 4.98 Å². The number of anilines is 1. The molecule has 0 aromatic carbocycles. The van der Waals surface area contributed by atoms with Crippen LogP contribution in [-0.4, -0.2) is 25.1 Å². The molecule has 0 aliphatic carbocycles. The summed E-state index contributed by atoms with van der Waals surface area (Å²) in [6.07, 6.45) is 3.30. The molecule has 1 aliphatic heterocycles. The minimum Gasteiger partial charge on any atom is -0.370 e. The summed E-state index contributed by atoms with van der Waals surface area (Å²) in [7, 11) is 1.96. The van der Waals surface area contributed by atoms with E-state index in [2.05, 4.69) is 41.2 Å². The third-order valence-electron chi connectivity index (χ3n) is 3.44. The maximum absolute atomic E-state index is 4.51. The van der Waals surface area contributed by atoms with Gasteiger partial charge in [-0.1, -0.05) is 6.92 Å². The van der Waals surface area contributed by atoms with Crippen molar-refractivity contribution in [3.05, 3.63) is 24.0 Å². The lowest BCUT2D eigenvalue weighted by Crippen LogP contribution is -2.20. The van der Waals surface area contributed by atoms with Crippen molar-refractivity contribution in [1.82, 2.24) is 10.3 Å². The zero-order valence-electron chi connectivity index (χ0n) is 10.4. The van der Waals surface area contributed by atoms with E-state index in [0.717, 1.165) is 11.6 Å². The first kappa shape index (κ1) is 11.4. The fourth-order valence-electron chi connectivity index (χ4n) is 2.16. The molecule has 0 saturated carbocycles. The van der Waals surface area contributed by atoms with Gasteiger partial charge in [0.25, 0.3) is 0 Å². The molecule has 2 atom stereocenters. The first-order valence-electron chi connectivity index (χ1n) is 6.09. The van der Waals surface area contributed by atoms with E-state index in [0.29, 0.717) is 6.04 Å². The van der Waals surface area contributed by atoms with Gasteiger partial charge in [-0.15, -0.1) is 0 Å². The molecule has 0 bridgehead atoms. The fourth-order valence-corrected chi connectivity index (χ4v) is 2.16. The van der Waals surface area contributed by atoms with Crippen LogP contribution in [0.3, 0.4) is 0 Å². The van der Waals surface area contributed by atoms with Gasteiger partial charge in [0.05, 0.1) is 17.6 Å². The quantitative estimate of drug-likeness (QED) is 0.845. The molecule has 3 nitrogen and oxygen atoms in total. The molecule has 0 radical (unpaired) electrons. The van der Waals surface area contributed by atoms with Gasteiger partial charge in [-0.25, -0.2) is 0 Å². The Balaban J connectivity index is 2.07. The second-order valence-electron chi connectivity index (χ2n) is 4.79. The lowest BCUT2D eigenvalue weighted by Gasteiger charge is -2.18. The molecule has 88 valence electrons. The van der Waals surface area contributed by atoms with E-state index in [4.69, 9.17) is 0 Å². The van der Waals surface area contributed by atoms with Crippen LogP contribution >= 0.6 is 0 Å². The second kappa shape index (κ2) is 4.83. The minimum absolute atomic E-state index is 0.326. The van der Waals surface area contributed by atoms with E-state index < -0.39 is 0 Å². The first-order valence-corrected chi connectivity index (χ1v) is 6.09. The summed E-state index contributed by atoms with van der Waals surface area (Å²) in [5, 5.41) is 3.20. The van der Waals surface area contributed by atoms with E-state index in [1.807, 2.05) is 13.2 Å². The van der Waals surface area contributed by atoms with Crippen LogP contribution in [0.15, 0.2) is 18.3 Å². The number of nitrogens with one attached hydrogen (secondary N) is 1. The number of nitrogens with zero attached hydrogens (tertiary/aromatic N) is 2. The average molecular weight is 219 g/mol. The van der Waals surface area contributed by atoms with E-state index in [9.17, 15) is 0 Å². The highest BCUT2D eigenvalue weighted by molar-refractivity contribution is 5.45.